The second-order valence-corrected chi connectivity index (χ2v) is 11.1. The summed E-state index contributed by atoms with van der Waals surface area (Å²) in [6.45, 7) is 0.241. The molecule has 1 aliphatic rings. The van der Waals surface area contributed by atoms with Crippen LogP contribution in [0.15, 0.2) is 108 Å². The molecule has 0 aliphatic carbocycles. The highest BCUT2D eigenvalue weighted by molar-refractivity contribution is 7.99. The van der Waals surface area contributed by atoms with Crippen LogP contribution in [0.3, 0.4) is 0 Å². The van der Waals surface area contributed by atoms with Crippen LogP contribution in [-0.2, 0) is 4.79 Å². The Morgan fingerprint density at radius 3 is 2.07 bits per heavy atom. The molecule has 1 heterocycles. The molecule has 0 saturated carbocycles. The van der Waals surface area contributed by atoms with E-state index in [-0.39, 0.29) is 24.1 Å². The number of benzene rings is 4. The van der Waals surface area contributed by atoms with Crippen molar-refractivity contribution in [3.8, 4) is 0 Å². The highest BCUT2D eigenvalue weighted by Gasteiger charge is 2.34. The molecule has 1 aliphatic heterocycles. The molecule has 0 bridgehead atoms. The van der Waals surface area contributed by atoms with Crippen LogP contribution in [-0.4, -0.2) is 40.8 Å². The number of thioether (sulfide) groups is 1. The maximum atomic E-state index is 13.4. The lowest BCUT2D eigenvalue weighted by atomic mass is 10.1. The molecule has 0 saturated heterocycles. The zero-order chi connectivity index (χ0) is 29.6. The van der Waals surface area contributed by atoms with E-state index < -0.39 is 11.8 Å². The molecular formula is C32H23Cl2N3O4S. The van der Waals surface area contributed by atoms with Crippen LogP contribution >= 0.6 is 35.0 Å². The number of nitrogens with zero attached hydrogens (tertiary/aromatic N) is 1. The maximum absolute atomic E-state index is 13.4. The Bertz CT molecular complexity index is 1670. The molecule has 2 N–H and O–H groups in total. The van der Waals surface area contributed by atoms with E-state index in [0.29, 0.717) is 43.7 Å². The third-order valence-corrected chi connectivity index (χ3v) is 8.00. The first-order valence-corrected chi connectivity index (χ1v) is 14.6. The quantitative estimate of drug-likeness (QED) is 0.123. The van der Waals surface area contributed by atoms with Crippen molar-refractivity contribution in [3.63, 3.8) is 0 Å². The Balaban J connectivity index is 1.29. The van der Waals surface area contributed by atoms with Gasteiger partial charge in [0.2, 0.25) is 0 Å². The summed E-state index contributed by atoms with van der Waals surface area (Å²) in [7, 11) is 0. The Morgan fingerprint density at radius 2 is 1.40 bits per heavy atom. The highest BCUT2D eigenvalue weighted by Crippen LogP contribution is 2.28. The first-order chi connectivity index (χ1) is 20.3. The Labute approximate surface area is 256 Å². The largest absolute Gasteiger partial charge is 0.321 e. The molecule has 42 heavy (non-hydrogen) atoms. The molecule has 4 aromatic carbocycles. The number of amides is 4. The van der Waals surface area contributed by atoms with Gasteiger partial charge in [-0.1, -0.05) is 65.7 Å². The molecule has 0 atom stereocenters. The molecular weight excluding hydrogens is 593 g/mol. The number of carbonyl (C=O) groups excluding carboxylic acids is 4. The van der Waals surface area contributed by atoms with Crippen LogP contribution in [0.2, 0.25) is 10.0 Å². The van der Waals surface area contributed by atoms with Crippen LogP contribution in [0, 0.1) is 0 Å². The van der Waals surface area contributed by atoms with E-state index >= 15 is 0 Å². The summed E-state index contributed by atoms with van der Waals surface area (Å²) >= 11 is 14.1. The van der Waals surface area contributed by atoms with Crippen molar-refractivity contribution in [2.45, 2.75) is 4.90 Å². The van der Waals surface area contributed by atoms with Crippen molar-refractivity contribution in [2.24, 2.45) is 0 Å². The normalized spacial score (nSPS) is 12.7. The first kappa shape index (κ1) is 29.1. The van der Waals surface area contributed by atoms with Crippen LogP contribution < -0.4 is 10.6 Å². The van der Waals surface area contributed by atoms with Gasteiger partial charge in [-0.3, -0.25) is 24.1 Å². The highest BCUT2D eigenvalue weighted by atomic mass is 35.5. The van der Waals surface area contributed by atoms with Crippen molar-refractivity contribution < 1.29 is 19.2 Å². The second kappa shape index (κ2) is 13.1. The summed E-state index contributed by atoms with van der Waals surface area (Å²) < 4.78 is 0. The number of halogens is 2. The molecule has 0 radical (unpaired) electrons. The predicted molar refractivity (Wildman–Crippen MR) is 166 cm³/mol. The molecule has 4 amide bonds. The minimum absolute atomic E-state index is 0.0532. The zero-order valence-electron chi connectivity index (χ0n) is 22.0. The molecule has 0 spiro atoms. The molecule has 0 unspecified atom stereocenters. The molecule has 7 nitrogen and oxygen atoms in total. The molecule has 5 rings (SSSR count). The lowest BCUT2D eigenvalue weighted by Crippen LogP contribution is -2.31. The van der Waals surface area contributed by atoms with Gasteiger partial charge in [0.05, 0.1) is 11.1 Å². The van der Waals surface area contributed by atoms with Crippen molar-refractivity contribution in [2.75, 3.05) is 17.6 Å². The van der Waals surface area contributed by atoms with Crippen molar-refractivity contribution in [3.05, 3.63) is 135 Å². The van der Waals surface area contributed by atoms with Gasteiger partial charge in [-0.2, -0.15) is 0 Å². The summed E-state index contributed by atoms with van der Waals surface area (Å²) in [6.07, 6.45) is 1.43. The van der Waals surface area contributed by atoms with Crippen LogP contribution in [0.1, 0.15) is 36.6 Å². The number of rotatable bonds is 9. The number of nitrogens with one attached hydrogen (secondary N) is 2. The number of hydrogen-bond acceptors (Lipinski definition) is 5. The van der Waals surface area contributed by atoms with Gasteiger partial charge in [-0.15, -0.1) is 11.8 Å². The van der Waals surface area contributed by atoms with E-state index in [1.54, 1.807) is 91.0 Å². The Morgan fingerprint density at radius 1 is 0.786 bits per heavy atom. The van der Waals surface area contributed by atoms with Gasteiger partial charge < -0.3 is 10.6 Å². The number of imide groups is 1. The lowest BCUT2D eigenvalue weighted by molar-refractivity contribution is -0.113. The third-order valence-electron chi connectivity index (χ3n) is 6.37. The van der Waals surface area contributed by atoms with Gasteiger partial charge in [0.15, 0.2) is 0 Å². The average molecular weight is 617 g/mol. The molecule has 0 aromatic heterocycles. The van der Waals surface area contributed by atoms with Crippen molar-refractivity contribution in [1.82, 2.24) is 10.2 Å². The Hall–Kier alpha value is -4.37. The van der Waals surface area contributed by atoms with Crippen LogP contribution in [0.25, 0.3) is 6.08 Å². The van der Waals surface area contributed by atoms with E-state index in [9.17, 15) is 19.2 Å². The summed E-state index contributed by atoms with van der Waals surface area (Å²) in [6, 6.07) is 27.3. The van der Waals surface area contributed by atoms with Crippen molar-refractivity contribution >= 4 is 70.4 Å². The number of fused-ring (bicyclic) bond motifs is 1. The van der Waals surface area contributed by atoms with Gasteiger partial charge in [-0.05, 0) is 60.7 Å². The van der Waals surface area contributed by atoms with Gasteiger partial charge in [0, 0.05) is 44.1 Å². The fourth-order valence-corrected chi connectivity index (χ4v) is 5.70. The van der Waals surface area contributed by atoms with Crippen molar-refractivity contribution in [1.29, 1.82) is 0 Å². The van der Waals surface area contributed by atoms with E-state index in [1.807, 2.05) is 6.07 Å². The van der Waals surface area contributed by atoms with Gasteiger partial charge >= 0.3 is 0 Å². The van der Waals surface area contributed by atoms with Crippen LogP contribution in [0.5, 0.6) is 0 Å². The van der Waals surface area contributed by atoms with E-state index in [1.165, 1.54) is 22.7 Å². The first-order valence-electron chi connectivity index (χ1n) is 12.8. The average Bonchev–Trinajstić information content (AvgIpc) is 3.24. The number of carbonyl (C=O) groups is 4. The topological polar surface area (TPSA) is 95.6 Å². The smallest absolute Gasteiger partial charge is 0.272 e. The molecule has 4 aromatic rings. The fraction of sp³-hybridized carbons (Fsp3) is 0.0625. The maximum Gasteiger partial charge on any atom is 0.272 e. The molecule has 0 fully saturated rings. The standard InChI is InChI=1S/C32H23Cl2N3O4S/c33-26-14-7-15-27(34)25(26)19-28(36-29(38)20-8-2-1-3-9-20)30(39)35-21-10-6-11-22(18-21)42-17-16-37-31(40)23-12-4-5-13-24(23)32(37)41/h1-15,18-19H,16-17H2,(H,35,39)(H,36,38)/b28-19+. The molecule has 210 valence electrons. The number of hydrogen-bond donors (Lipinski definition) is 2. The second-order valence-electron chi connectivity index (χ2n) is 9.15. The lowest BCUT2D eigenvalue weighted by Gasteiger charge is -2.14. The summed E-state index contributed by atoms with van der Waals surface area (Å²) in [4.78, 5) is 53.6. The molecule has 10 heteroatoms. The summed E-state index contributed by atoms with van der Waals surface area (Å²) in [5, 5.41) is 6.12. The SMILES string of the molecule is O=C(Nc1cccc(SCCN2C(=O)c3ccccc3C2=O)c1)/C(=C\c1c(Cl)cccc1Cl)NC(=O)c1ccccc1. The number of anilines is 1. The zero-order valence-corrected chi connectivity index (χ0v) is 24.3. The summed E-state index contributed by atoms with van der Waals surface area (Å²) in [5.41, 5.74) is 2.02. The third kappa shape index (κ3) is 6.57. The van der Waals surface area contributed by atoms with E-state index in [4.69, 9.17) is 23.2 Å². The fourth-order valence-electron chi connectivity index (χ4n) is 4.29. The Kier molecular flexibility index (Phi) is 9.07. The minimum atomic E-state index is -0.580. The van der Waals surface area contributed by atoms with Gasteiger partial charge in [-0.25, -0.2) is 0 Å². The van der Waals surface area contributed by atoms with E-state index in [0.717, 1.165) is 4.90 Å². The van der Waals surface area contributed by atoms with Gasteiger partial charge in [0.25, 0.3) is 23.6 Å². The van der Waals surface area contributed by atoms with Crippen LogP contribution in [0.4, 0.5) is 5.69 Å². The predicted octanol–water partition coefficient (Wildman–Crippen LogP) is 6.79. The monoisotopic (exact) mass is 615 g/mol. The van der Waals surface area contributed by atoms with E-state index in [2.05, 4.69) is 10.6 Å². The minimum Gasteiger partial charge on any atom is -0.321 e. The van der Waals surface area contributed by atoms with Gasteiger partial charge in [0.1, 0.15) is 5.70 Å². The summed E-state index contributed by atoms with van der Waals surface area (Å²) in [5.74, 6) is -1.19.